The number of aromatic nitrogens is 3. The first-order valence-corrected chi connectivity index (χ1v) is 11.4. The largest absolute Gasteiger partial charge is 0.387 e. The normalized spacial score (nSPS) is 43.8. The number of aliphatic hydroxyl groups is 1. The second-order valence-electron chi connectivity index (χ2n) is 10.5. The van der Waals surface area contributed by atoms with Gasteiger partial charge in [-0.15, -0.1) is 0 Å². The lowest BCUT2D eigenvalue weighted by Gasteiger charge is -2.54. The molecule has 4 nitrogen and oxygen atoms in total. The van der Waals surface area contributed by atoms with Gasteiger partial charge in [0, 0.05) is 0 Å². The number of fused-ring (bicyclic) bond motifs is 5. The molecule has 4 aliphatic carbocycles. The molecule has 0 aromatic carbocycles. The highest BCUT2D eigenvalue weighted by Gasteiger charge is 2.56. The summed E-state index contributed by atoms with van der Waals surface area (Å²) in [5, 5.41) is 19.0. The molecule has 1 aromatic rings. The van der Waals surface area contributed by atoms with Crippen LogP contribution in [0.5, 0.6) is 0 Å². The van der Waals surface area contributed by atoms with Gasteiger partial charge in [0.25, 0.3) is 0 Å². The van der Waals surface area contributed by atoms with E-state index in [-0.39, 0.29) is 0 Å². The summed E-state index contributed by atoms with van der Waals surface area (Å²) in [5.41, 5.74) is 1.85. The van der Waals surface area contributed by atoms with Crippen LogP contribution in [0.4, 0.5) is 4.39 Å². The minimum Gasteiger partial charge on any atom is -0.387 e. The fraction of sp³-hybridized carbons (Fsp3) is 0.750. The highest BCUT2D eigenvalue weighted by Crippen LogP contribution is 2.64. The maximum Gasteiger partial charge on any atom is 0.118 e. The molecule has 4 aliphatic rings. The molecule has 0 radical (unpaired) electrons. The number of allylic oxidation sites excluding steroid dienone is 2. The lowest BCUT2D eigenvalue weighted by Crippen LogP contribution is -2.48. The minimum absolute atomic E-state index is 0.324. The monoisotopic (exact) mass is 399 g/mol. The van der Waals surface area contributed by atoms with Gasteiger partial charge >= 0.3 is 0 Å². The molecule has 158 valence electrons. The van der Waals surface area contributed by atoms with Gasteiger partial charge in [-0.1, -0.05) is 30.7 Å². The van der Waals surface area contributed by atoms with Crippen LogP contribution >= 0.6 is 0 Å². The zero-order valence-electron chi connectivity index (χ0n) is 17.6. The topological polar surface area (TPSA) is 50.9 Å². The predicted molar refractivity (Wildman–Crippen MR) is 111 cm³/mol. The number of hydrogen-bond donors (Lipinski definition) is 1. The van der Waals surface area contributed by atoms with Crippen LogP contribution in [-0.4, -0.2) is 32.4 Å². The van der Waals surface area contributed by atoms with Gasteiger partial charge in [-0.05, 0) is 86.4 Å². The lowest BCUT2D eigenvalue weighted by atomic mass is 9.51. The molecule has 0 amide bonds. The zero-order valence-corrected chi connectivity index (χ0v) is 17.6. The molecule has 0 bridgehead atoms. The summed E-state index contributed by atoms with van der Waals surface area (Å²) >= 11 is 0. The highest BCUT2D eigenvalue weighted by molar-refractivity contribution is 5.23. The van der Waals surface area contributed by atoms with E-state index >= 15 is 0 Å². The summed E-state index contributed by atoms with van der Waals surface area (Å²) in [4.78, 5) is 1.76. The van der Waals surface area contributed by atoms with E-state index in [2.05, 4.69) is 29.8 Å². The summed E-state index contributed by atoms with van der Waals surface area (Å²) in [6.45, 7) is 7.09. The minimum atomic E-state index is -1.10. The molecular weight excluding hydrogens is 365 g/mol. The van der Waals surface area contributed by atoms with Gasteiger partial charge in [0.15, 0.2) is 0 Å². The Hall–Kier alpha value is -1.49. The first kappa shape index (κ1) is 19.5. The molecule has 3 fully saturated rings. The van der Waals surface area contributed by atoms with Crippen molar-refractivity contribution in [3.63, 3.8) is 0 Å². The molecule has 0 unspecified atom stereocenters. The van der Waals surface area contributed by atoms with E-state index in [1.165, 1.54) is 36.8 Å². The van der Waals surface area contributed by atoms with Crippen molar-refractivity contribution < 1.29 is 9.50 Å². The standard InChI is InChI=1S/C24H34FN3O/c1-16(14-28-26-11-12-27-28)21-5-6-22-20-4-3-17-13-24(29,15-25)10-8-18(17)19(20)7-9-23(21,22)2/h3,11-12,18-22,29H,1,4-10,13-15H2,2H3/t18-,19+,20+,21+,22-,23+,24+/m0/s1. The Morgan fingerprint density at radius 3 is 2.76 bits per heavy atom. The van der Waals surface area contributed by atoms with E-state index in [1.807, 2.05) is 0 Å². The van der Waals surface area contributed by atoms with Crippen LogP contribution in [0, 0.1) is 35.0 Å². The molecule has 0 saturated heterocycles. The van der Waals surface area contributed by atoms with Crippen LogP contribution in [0.15, 0.2) is 36.2 Å². The van der Waals surface area contributed by atoms with Crippen LogP contribution in [-0.2, 0) is 6.54 Å². The van der Waals surface area contributed by atoms with E-state index in [0.717, 1.165) is 37.1 Å². The highest BCUT2D eigenvalue weighted by atomic mass is 19.1. The Morgan fingerprint density at radius 1 is 1.21 bits per heavy atom. The van der Waals surface area contributed by atoms with Crippen molar-refractivity contribution >= 4 is 0 Å². The van der Waals surface area contributed by atoms with Crippen molar-refractivity contribution in [3.8, 4) is 0 Å². The van der Waals surface area contributed by atoms with Gasteiger partial charge in [0.1, 0.15) is 6.67 Å². The molecule has 7 atom stereocenters. The number of alkyl halides is 1. The van der Waals surface area contributed by atoms with E-state index < -0.39 is 12.3 Å². The molecular formula is C24H34FN3O. The van der Waals surface area contributed by atoms with E-state index in [0.29, 0.717) is 30.1 Å². The summed E-state index contributed by atoms with van der Waals surface area (Å²) in [6.07, 6.45) is 14.1. The van der Waals surface area contributed by atoms with Gasteiger partial charge in [-0.25, -0.2) is 4.39 Å². The molecule has 0 spiro atoms. The average Bonchev–Trinajstić information content (AvgIpc) is 3.34. The van der Waals surface area contributed by atoms with Crippen LogP contribution in [0.2, 0.25) is 0 Å². The number of rotatable bonds is 4. The number of nitrogens with zero attached hydrogens (tertiary/aromatic N) is 3. The number of hydrogen-bond acceptors (Lipinski definition) is 3. The summed E-state index contributed by atoms with van der Waals surface area (Å²) in [7, 11) is 0. The second kappa shape index (κ2) is 7.04. The van der Waals surface area contributed by atoms with Gasteiger partial charge in [0.2, 0.25) is 0 Å². The van der Waals surface area contributed by atoms with E-state index in [1.54, 1.807) is 17.2 Å². The molecule has 5 heteroatoms. The first-order chi connectivity index (χ1) is 13.9. The zero-order chi connectivity index (χ0) is 20.2. The molecule has 5 rings (SSSR count). The van der Waals surface area contributed by atoms with E-state index in [9.17, 15) is 9.50 Å². The van der Waals surface area contributed by atoms with Crippen LogP contribution in [0.3, 0.4) is 0 Å². The quantitative estimate of drug-likeness (QED) is 0.745. The Balaban J connectivity index is 1.34. The first-order valence-electron chi connectivity index (χ1n) is 11.4. The van der Waals surface area contributed by atoms with Gasteiger partial charge < -0.3 is 5.11 Å². The molecule has 1 N–H and O–H groups in total. The smallest absolute Gasteiger partial charge is 0.118 e. The molecule has 3 saturated carbocycles. The second-order valence-corrected chi connectivity index (χ2v) is 10.5. The van der Waals surface area contributed by atoms with E-state index in [4.69, 9.17) is 0 Å². The fourth-order valence-electron chi connectivity index (χ4n) is 7.77. The summed E-state index contributed by atoms with van der Waals surface area (Å²) in [5.74, 6) is 3.32. The molecule has 29 heavy (non-hydrogen) atoms. The molecule has 1 heterocycles. The van der Waals surface area contributed by atoms with Gasteiger partial charge in [0.05, 0.1) is 24.5 Å². The van der Waals surface area contributed by atoms with Crippen molar-refractivity contribution in [1.29, 1.82) is 0 Å². The third-order valence-corrected chi connectivity index (χ3v) is 9.14. The summed E-state index contributed by atoms with van der Waals surface area (Å²) < 4.78 is 13.3. The van der Waals surface area contributed by atoms with Crippen LogP contribution in [0.1, 0.15) is 58.3 Å². The number of halogens is 1. The summed E-state index contributed by atoms with van der Waals surface area (Å²) in [6, 6.07) is 0. The Morgan fingerprint density at radius 2 is 2.00 bits per heavy atom. The Bertz CT molecular complexity index is 805. The van der Waals surface area contributed by atoms with Crippen molar-refractivity contribution in [3.05, 3.63) is 36.2 Å². The van der Waals surface area contributed by atoms with Gasteiger partial charge in [-0.2, -0.15) is 15.0 Å². The third-order valence-electron chi connectivity index (χ3n) is 9.14. The van der Waals surface area contributed by atoms with Crippen LogP contribution < -0.4 is 0 Å². The Labute approximate surface area is 173 Å². The van der Waals surface area contributed by atoms with Crippen LogP contribution in [0.25, 0.3) is 0 Å². The van der Waals surface area contributed by atoms with Crippen molar-refractivity contribution in [1.82, 2.24) is 15.0 Å². The van der Waals surface area contributed by atoms with Gasteiger partial charge in [-0.3, -0.25) is 0 Å². The Kier molecular flexibility index (Phi) is 4.73. The SMILES string of the molecule is C=C(Cn1nccn1)[C@H]1CC[C@H]2[C@@H]3CC=C4C[C@@](O)(CF)CC[C@@H]4[C@H]3CC[C@]12C. The maximum absolute atomic E-state index is 13.3. The maximum atomic E-state index is 13.3. The van der Waals surface area contributed by atoms with Crippen molar-refractivity contribution in [2.75, 3.05) is 6.67 Å². The average molecular weight is 400 g/mol. The van der Waals surface area contributed by atoms with Crippen molar-refractivity contribution in [2.45, 2.75) is 70.4 Å². The fourth-order valence-corrected chi connectivity index (χ4v) is 7.77. The predicted octanol–water partition coefficient (Wildman–Crippen LogP) is 4.72. The third kappa shape index (κ3) is 3.11. The molecule has 1 aromatic heterocycles. The lowest BCUT2D eigenvalue weighted by molar-refractivity contribution is -0.0443. The van der Waals surface area contributed by atoms with Crippen molar-refractivity contribution in [2.24, 2.45) is 35.0 Å². The molecule has 0 aliphatic heterocycles.